The van der Waals surface area contributed by atoms with Crippen molar-refractivity contribution in [1.82, 2.24) is 15.1 Å². The van der Waals surface area contributed by atoms with Gasteiger partial charge in [-0.25, -0.2) is 0 Å². The first-order valence-electron chi connectivity index (χ1n) is 7.61. The fourth-order valence-corrected chi connectivity index (χ4v) is 3.12. The molecule has 1 fully saturated rings. The summed E-state index contributed by atoms with van der Waals surface area (Å²) in [6.45, 7) is 1.26. The molecule has 24 heavy (non-hydrogen) atoms. The highest BCUT2D eigenvalue weighted by Gasteiger charge is 2.29. The van der Waals surface area contributed by atoms with Crippen LogP contribution in [-0.2, 0) is 0 Å². The van der Waals surface area contributed by atoms with Crippen LogP contribution in [0.2, 0.25) is 0 Å². The number of hydrogen-bond donors (Lipinski definition) is 0. The summed E-state index contributed by atoms with van der Waals surface area (Å²) >= 11 is 3.21. The maximum absolute atomic E-state index is 12.4. The number of aromatic nitrogens is 2. The highest BCUT2D eigenvalue weighted by Crippen LogP contribution is 2.30. The summed E-state index contributed by atoms with van der Waals surface area (Å²) in [6, 6.07) is 5.17. The molecule has 0 bridgehead atoms. The maximum atomic E-state index is 12.4. The van der Waals surface area contributed by atoms with Crippen LogP contribution in [0.1, 0.15) is 35.2 Å². The molecule has 0 saturated carbocycles. The predicted molar refractivity (Wildman–Crippen MR) is 86.3 cm³/mol. The molecule has 3 aromatic heterocycles. The SMILES string of the molecule is O=C(c1ccc(Br)o1)N1CCC(c2nnc(-c3ccoc3)o2)CC1. The van der Waals surface area contributed by atoms with E-state index < -0.39 is 0 Å². The van der Waals surface area contributed by atoms with Gasteiger partial charge in [0.15, 0.2) is 10.4 Å². The van der Waals surface area contributed by atoms with Crippen LogP contribution in [0.3, 0.4) is 0 Å². The molecule has 4 heterocycles. The van der Waals surface area contributed by atoms with Gasteiger partial charge in [0.25, 0.3) is 11.8 Å². The summed E-state index contributed by atoms with van der Waals surface area (Å²) in [7, 11) is 0. The van der Waals surface area contributed by atoms with Gasteiger partial charge in [-0.2, -0.15) is 0 Å². The second-order valence-electron chi connectivity index (χ2n) is 5.63. The van der Waals surface area contributed by atoms with Crippen molar-refractivity contribution in [2.75, 3.05) is 13.1 Å². The Morgan fingerprint density at radius 2 is 2.00 bits per heavy atom. The van der Waals surface area contributed by atoms with E-state index in [1.54, 1.807) is 35.6 Å². The largest absolute Gasteiger partial charge is 0.472 e. The van der Waals surface area contributed by atoms with Gasteiger partial charge in [-0.15, -0.1) is 10.2 Å². The summed E-state index contributed by atoms with van der Waals surface area (Å²) in [6.07, 6.45) is 4.69. The van der Waals surface area contributed by atoms with E-state index in [2.05, 4.69) is 26.1 Å². The average molecular weight is 392 g/mol. The third kappa shape index (κ3) is 2.89. The zero-order valence-electron chi connectivity index (χ0n) is 12.6. The summed E-state index contributed by atoms with van der Waals surface area (Å²) in [5.41, 5.74) is 0.768. The molecule has 0 atom stereocenters. The Morgan fingerprint density at radius 3 is 2.67 bits per heavy atom. The number of carbonyl (C=O) groups is 1. The van der Waals surface area contributed by atoms with E-state index >= 15 is 0 Å². The van der Waals surface area contributed by atoms with Crippen LogP contribution in [0, 0.1) is 0 Å². The first-order chi connectivity index (χ1) is 11.7. The van der Waals surface area contributed by atoms with E-state index in [1.807, 2.05) is 0 Å². The number of piperidine rings is 1. The molecule has 0 radical (unpaired) electrons. The summed E-state index contributed by atoms with van der Waals surface area (Å²) in [4.78, 5) is 14.2. The molecule has 0 N–H and O–H groups in total. The van der Waals surface area contributed by atoms with Crippen LogP contribution in [0.4, 0.5) is 0 Å². The lowest BCUT2D eigenvalue weighted by atomic mass is 9.96. The lowest BCUT2D eigenvalue weighted by molar-refractivity contribution is 0.0673. The topological polar surface area (TPSA) is 85.5 Å². The van der Waals surface area contributed by atoms with E-state index in [-0.39, 0.29) is 11.8 Å². The lowest BCUT2D eigenvalue weighted by Gasteiger charge is -2.29. The van der Waals surface area contributed by atoms with Gasteiger partial charge < -0.3 is 18.2 Å². The third-order valence-electron chi connectivity index (χ3n) is 4.12. The Morgan fingerprint density at radius 1 is 1.17 bits per heavy atom. The molecule has 3 aromatic rings. The van der Waals surface area contributed by atoms with Crippen molar-refractivity contribution in [2.45, 2.75) is 18.8 Å². The number of amides is 1. The van der Waals surface area contributed by atoms with Crippen molar-refractivity contribution in [3.05, 3.63) is 47.0 Å². The lowest BCUT2D eigenvalue weighted by Crippen LogP contribution is -2.37. The molecule has 1 aliphatic heterocycles. The number of nitrogens with zero attached hydrogens (tertiary/aromatic N) is 3. The molecule has 8 heteroatoms. The second-order valence-corrected chi connectivity index (χ2v) is 6.41. The molecule has 0 aliphatic carbocycles. The molecule has 1 aliphatic rings. The molecule has 4 rings (SSSR count). The van der Waals surface area contributed by atoms with Gasteiger partial charge in [-0.1, -0.05) is 0 Å². The van der Waals surface area contributed by atoms with Crippen LogP contribution < -0.4 is 0 Å². The maximum Gasteiger partial charge on any atom is 0.289 e. The Hall–Kier alpha value is -2.35. The Bertz CT molecular complexity index is 831. The fraction of sp³-hybridized carbons (Fsp3) is 0.312. The van der Waals surface area contributed by atoms with E-state index in [4.69, 9.17) is 13.3 Å². The van der Waals surface area contributed by atoms with Crippen LogP contribution in [-0.4, -0.2) is 34.1 Å². The van der Waals surface area contributed by atoms with E-state index in [1.165, 1.54) is 0 Å². The fourth-order valence-electron chi connectivity index (χ4n) is 2.82. The van der Waals surface area contributed by atoms with E-state index in [9.17, 15) is 4.79 Å². The van der Waals surface area contributed by atoms with Crippen molar-refractivity contribution in [2.24, 2.45) is 0 Å². The molecule has 0 unspecified atom stereocenters. The monoisotopic (exact) mass is 391 g/mol. The number of rotatable bonds is 3. The van der Waals surface area contributed by atoms with Gasteiger partial charge in [-0.3, -0.25) is 4.79 Å². The first-order valence-corrected chi connectivity index (χ1v) is 8.40. The molecule has 0 aromatic carbocycles. The molecule has 7 nitrogen and oxygen atoms in total. The molecular formula is C16H14BrN3O4. The highest BCUT2D eigenvalue weighted by molar-refractivity contribution is 9.10. The van der Waals surface area contributed by atoms with E-state index in [0.717, 1.165) is 18.4 Å². The van der Waals surface area contributed by atoms with Crippen LogP contribution >= 0.6 is 15.9 Å². The van der Waals surface area contributed by atoms with Gasteiger partial charge in [0.2, 0.25) is 5.89 Å². The smallest absolute Gasteiger partial charge is 0.289 e. The first kappa shape index (κ1) is 15.2. The number of likely N-dealkylation sites (tertiary alicyclic amines) is 1. The Kier molecular flexibility index (Phi) is 3.97. The second kappa shape index (κ2) is 6.27. The van der Waals surface area contributed by atoms with Crippen molar-refractivity contribution in [3.63, 3.8) is 0 Å². The third-order valence-corrected chi connectivity index (χ3v) is 4.55. The zero-order chi connectivity index (χ0) is 16.5. The highest BCUT2D eigenvalue weighted by atomic mass is 79.9. The number of carbonyl (C=O) groups excluding carboxylic acids is 1. The van der Waals surface area contributed by atoms with Crippen LogP contribution in [0.25, 0.3) is 11.5 Å². The van der Waals surface area contributed by atoms with Crippen molar-refractivity contribution < 1.29 is 18.0 Å². The van der Waals surface area contributed by atoms with Crippen LogP contribution in [0.15, 0.2) is 48.6 Å². The minimum atomic E-state index is -0.0937. The minimum Gasteiger partial charge on any atom is -0.472 e. The van der Waals surface area contributed by atoms with Crippen LogP contribution in [0.5, 0.6) is 0 Å². The van der Waals surface area contributed by atoms with Gasteiger partial charge in [0, 0.05) is 19.0 Å². The molecule has 0 spiro atoms. The predicted octanol–water partition coefficient (Wildman–Crippen LogP) is 3.70. The Balaban J connectivity index is 1.40. The zero-order valence-corrected chi connectivity index (χ0v) is 14.2. The quantitative estimate of drug-likeness (QED) is 0.676. The average Bonchev–Trinajstić information content (AvgIpc) is 3.35. The summed E-state index contributed by atoms with van der Waals surface area (Å²) in [5.74, 6) is 1.48. The molecule has 1 amide bonds. The van der Waals surface area contributed by atoms with Crippen molar-refractivity contribution in [1.29, 1.82) is 0 Å². The number of furan rings is 2. The van der Waals surface area contributed by atoms with Crippen molar-refractivity contribution >= 4 is 21.8 Å². The van der Waals surface area contributed by atoms with Gasteiger partial charge >= 0.3 is 0 Å². The summed E-state index contributed by atoms with van der Waals surface area (Å²) in [5, 5.41) is 8.20. The van der Waals surface area contributed by atoms with Gasteiger partial charge in [0.05, 0.1) is 11.8 Å². The van der Waals surface area contributed by atoms with Gasteiger partial charge in [-0.05, 0) is 47.0 Å². The van der Waals surface area contributed by atoms with Gasteiger partial charge in [0.1, 0.15) is 6.26 Å². The van der Waals surface area contributed by atoms with E-state index in [0.29, 0.717) is 35.3 Å². The Labute approximate surface area is 145 Å². The van der Waals surface area contributed by atoms with Crippen molar-refractivity contribution in [3.8, 4) is 11.5 Å². The number of hydrogen-bond acceptors (Lipinski definition) is 6. The molecule has 1 saturated heterocycles. The standard InChI is InChI=1S/C16H14BrN3O4/c17-13-2-1-12(23-13)16(21)20-6-3-10(4-7-20)14-18-19-15(24-14)11-5-8-22-9-11/h1-2,5,8-10H,3-4,6-7H2. The summed E-state index contributed by atoms with van der Waals surface area (Å²) < 4.78 is 16.6. The molecular weight excluding hydrogens is 378 g/mol. The minimum absolute atomic E-state index is 0.0937. The number of halogens is 1. The molecule has 124 valence electrons. The normalized spacial score (nSPS) is 15.8.